The van der Waals surface area contributed by atoms with Crippen molar-refractivity contribution < 1.29 is 4.79 Å². The van der Waals surface area contributed by atoms with Crippen LogP contribution in [0.15, 0.2) is 36.4 Å². The van der Waals surface area contributed by atoms with Gasteiger partial charge in [-0.1, -0.05) is 35.3 Å². The summed E-state index contributed by atoms with van der Waals surface area (Å²) in [5.74, 6) is 0.629. The van der Waals surface area contributed by atoms with E-state index in [9.17, 15) is 4.79 Å². The fraction of sp³-hybridized carbons (Fsp3) is 0.211. The molecule has 0 aliphatic carbocycles. The number of benzene rings is 2. The zero-order chi connectivity index (χ0) is 19.6. The van der Waals surface area contributed by atoms with Crippen molar-refractivity contribution in [2.75, 3.05) is 18.9 Å². The Morgan fingerprint density at radius 3 is 2.63 bits per heavy atom. The van der Waals surface area contributed by atoms with Crippen molar-refractivity contribution in [1.29, 1.82) is 0 Å². The average molecular weight is 404 g/mol. The molecular formula is C19H19Cl2N5O. The summed E-state index contributed by atoms with van der Waals surface area (Å²) in [6, 6.07) is 10.6. The maximum absolute atomic E-state index is 11.8. The molecule has 3 rings (SSSR count). The normalized spacial score (nSPS) is 12.1. The summed E-state index contributed by atoms with van der Waals surface area (Å²) in [6.07, 6.45) is 0. The summed E-state index contributed by atoms with van der Waals surface area (Å²) in [4.78, 5) is 20.7. The Balaban J connectivity index is 2.08. The molecule has 0 bridgehead atoms. The number of fused-ring (bicyclic) bond motifs is 1. The van der Waals surface area contributed by atoms with E-state index in [2.05, 4.69) is 20.6 Å². The molecule has 0 spiro atoms. The van der Waals surface area contributed by atoms with Gasteiger partial charge >= 0.3 is 0 Å². The van der Waals surface area contributed by atoms with Crippen LogP contribution in [0.1, 0.15) is 27.8 Å². The predicted octanol–water partition coefficient (Wildman–Crippen LogP) is 3.72. The van der Waals surface area contributed by atoms with Crippen molar-refractivity contribution in [3.63, 3.8) is 0 Å². The molecule has 8 heteroatoms. The third-order valence-electron chi connectivity index (χ3n) is 4.17. The first kappa shape index (κ1) is 19.4. The first-order chi connectivity index (χ1) is 12.9. The van der Waals surface area contributed by atoms with Crippen molar-refractivity contribution in [3.05, 3.63) is 63.4 Å². The van der Waals surface area contributed by atoms with E-state index in [1.54, 1.807) is 25.1 Å². The van der Waals surface area contributed by atoms with Gasteiger partial charge in [-0.2, -0.15) is 0 Å². The second-order valence-corrected chi connectivity index (χ2v) is 6.93. The Bertz CT molecular complexity index is 1010. The van der Waals surface area contributed by atoms with E-state index in [0.717, 1.165) is 10.9 Å². The van der Waals surface area contributed by atoms with Gasteiger partial charge in [-0.05, 0) is 43.8 Å². The van der Waals surface area contributed by atoms with Crippen molar-refractivity contribution in [1.82, 2.24) is 15.3 Å². The summed E-state index contributed by atoms with van der Waals surface area (Å²) in [5.41, 5.74) is 7.33. The number of aryl methyl sites for hydroxylation is 1. The van der Waals surface area contributed by atoms with Crippen molar-refractivity contribution in [2.45, 2.75) is 13.0 Å². The standard InChI is InChI=1S/C19H19Cl2N5O/c1-10-24-17-12(18(22)27)4-3-5-13(17)19(25-10)26-16(9-23-2)11-6-7-14(20)15(21)8-11/h3-8,16,23H,9H2,1-2H3,(H2,22,27)(H,24,25,26)/t16-/m1/s1. The van der Waals surface area contributed by atoms with Crippen LogP contribution in [-0.2, 0) is 0 Å². The third-order valence-corrected chi connectivity index (χ3v) is 4.91. The number of nitrogens with one attached hydrogen (secondary N) is 2. The van der Waals surface area contributed by atoms with E-state index in [4.69, 9.17) is 28.9 Å². The van der Waals surface area contributed by atoms with Crippen molar-refractivity contribution in [2.24, 2.45) is 5.73 Å². The van der Waals surface area contributed by atoms with Crippen molar-refractivity contribution >= 4 is 45.8 Å². The highest BCUT2D eigenvalue weighted by atomic mass is 35.5. The topological polar surface area (TPSA) is 92.9 Å². The molecular weight excluding hydrogens is 385 g/mol. The molecule has 1 heterocycles. The van der Waals surface area contributed by atoms with Gasteiger partial charge in [0, 0.05) is 11.9 Å². The fourth-order valence-corrected chi connectivity index (χ4v) is 3.23. The lowest BCUT2D eigenvalue weighted by atomic mass is 10.1. The first-order valence-electron chi connectivity index (χ1n) is 8.34. The maximum atomic E-state index is 11.8. The van der Waals surface area contributed by atoms with Crippen LogP contribution >= 0.6 is 23.2 Å². The molecule has 1 aromatic heterocycles. The summed E-state index contributed by atoms with van der Waals surface area (Å²) >= 11 is 12.2. The monoisotopic (exact) mass is 403 g/mol. The Morgan fingerprint density at radius 1 is 1.19 bits per heavy atom. The van der Waals surface area contributed by atoms with E-state index in [1.165, 1.54) is 0 Å². The van der Waals surface area contributed by atoms with E-state index < -0.39 is 5.91 Å². The number of amides is 1. The molecule has 0 radical (unpaired) electrons. The van der Waals surface area contributed by atoms with Crippen LogP contribution in [0.2, 0.25) is 10.0 Å². The summed E-state index contributed by atoms with van der Waals surface area (Å²) in [6.45, 7) is 2.40. The molecule has 0 unspecified atom stereocenters. The number of carbonyl (C=O) groups excluding carboxylic acids is 1. The number of primary amides is 1. The van der Waals surface area contributed by atoms with E-state index in [1.807, 2.05) is 25.2 Å². The lowest BCUT2D eigenvalue weighted by molar-refractivity contribution is 0.100. The molecule has 0 fully saturated rings. The SMILES string of the molecule is CNC[C@@H](Nc1nc(C)nc2c(C(N)=O)cccc12)c1ccc(Cl)c(Cl)c1. The fourth-order valence-electron chi connectivity index (χ4n) is 2.92. The molecule has 3 aromatic rings. The summed E-state index contributed by atoms with van der Waals surface area (Å²) in [7, 11) is 1.86. The molecule has 1 amide bonds. The molecule has 1 atom stereocenters. The molecule has 0 saturated heterocycles. The zero-order valence-electron chi connectivity index (χ0n) is 14.9. The Hall–Kier alpha value is -2.41. The Labute approximate surface area is 167 Å². The molecule has 140 valence electrons. The number of carbonyl (C=O) groups is 1. The van der Waals surface area contributed by atoms with Crippen LogP contribution < -0.4 is 16.4 Å². The van der Waals surface area contributed by atoms with Crippen LogP contribution in [0, 0.1) is 6.92 Å². The van der Waals surface area contributed by atoms with E-state index in [-0.39, 0.29) is 6.04 Å². The number of para-hydroxylation sites is 1. The first-order valence-corrected chi connectivity index (χ1v) is 9.09. The van der Waals surface area contributed by atoms with Gasteiger partial charge in [0.1, 0.15) is 11.6 Å². The van der Waals surface area contributed by atoms with E-state index >= 15 is 0 Å². The lowest BCUT2D eigenvalue weighted by Crippen LogP contribution is -2.24. The largest absolute Gasteiger partial charge is 0.366 e. The van der Waals surface area contributed by atoms with Crippen LogP contribution in [0.5, 0.6) is 0 Å². The number of aromatic nitrogens is 2. The number of likely N-dealkylation sites (N-methyl/N-ethyl adjacent to an activating group) is 1. The van der Waals surface area contributed by atoms with Gasteiger partial charge in [0.15, 0.2) is 0 Å². The number of anilines is 1. The lowest BCUT2D eigenvalue weighted by Gasteiger charge is -2.21. The van der Waals surface area contributed by atoms with Gasteiger partial charge in [-0.3, -0.25) is 4.79 Å². The summed E-state index contributed by atoms with van der Waals surface area (Å²) in [5, 5.41) is 8.28. The number of hydrogen-bond acceptors (Lipinski definition) is 5. The van der Waals surface area contributed by atoms with Gasteiger partial charge in [0.2, 0.25) is 0 Å². The minimum atomic E-state index is -0.527. The molecule has 4 N–H and O–H groups in total. The van der Waals surface area contributed by atoms with Crippen LogP contribution in [0.25, 0.3) is 10.9 Å². The van der Waals surface area contributed by atoms with Gasteiger partial charge in [-0.15, -0.1) is 0 Å². The van der Waals surface area contributed by atoms with Crippen LogP contribution in [0.3, 0.4) is 0 Å². The molecule has 27 heavy (non-hydrogen) atoms. The number of hydrogen-bond donors (Lipinski definition) is 3. The summed E-state index contributed by atoms with van der Waals surface area (Å²) < 4.78 is 0. The zero-order valence-corrected chi connectivity index (χ0v) is 16.4. The number of rotatable bonds is 6. The van der Waals surface area contributed by atoms with Crippen LogP contribution in [-0.4, -0.2) is 29.5 Å². The molecule has 2 aromatic carbocycles. The minimum Gasteiger partial charge on any atom is -0.366 e. The second-order valence-electron chi connectivity index (χ2n) is 6.11. The highest BCUT2D eigenvalue weighted by Gasteiger charge is 2.17. The van der Waals surface area contributed by atoms with E-state index in [0.29, 0.717) is 39.3 Å². The maximum Gasteiger partial charge on any atom is 0.250 e. The highest BCUT2D eigenvalue weighted by molar-refractivity contribution is 6.42. The Kier molecular flexibility index (Phi) is 5.79. The minimum absolute atomic E-state index is 0.125. The van der Waals surface area contributed by atoms with Crippen LogP contribution in [0.4, 0.5) is 5.82 Å². The highest BCUT2D eigenvalue weighted by Crippen LogP contribution is 2.29. The number of nitrogens with zero attached hydrogens (tertiary/aromatic N) is 2. The van der Waals surface area contributed by atoms with Gasteiger partial charge in [-0.25, -0.2) is 9.97 Å². The Morgan fingerprint density at radius 2 is 1.96 bits per heavy atom. The smallest absolute Gasteiger partial charge is 0.250 e. The van der Waals surface area contributed by atoms with Gasteiger partial charge < -0.3 is 16.4 Å². The second kappa shape index (κ2) is 8.08. The molecule has 0 aliphatic heterocycles. The third kappa shape index (κ3) is 4.13. The number of halogens is 2. The predicted molar refractivity (Wildman–Crippen MR) is 110 cm³/mol. The van der Waals surface area contributed by atoms with Crippen molar-refractivity contribution in [3.8, 4) is 0 Å². The van der Waals surface area contributed by atoms with Gasteiger partial charge in [0.05, 0.1) is 27.2 Å². The molecule has 0 saturated carbocycles. The quantitative estimate of drug-likeness (QED) is 0.583. The molecule has 0 aliphatic rings. The molecule has 6 nitrogen and oxygen atoms in total. The number of nitrogens with two attached hydrogens (primary N) is 1. The van der Waals surface area contributed by atoms with Gasteiger partial charge in [0.25, 0.3) is 5.91 Å². The average Bonchev–Trinajstić information content (AvgIpc) is 2.63.